The third kappa shape index (κ3) is 4.99. The zero-order valence-corrected chi connectivity index (χ0v) is 20.7. The lowest BCUT2D eigenvalue weighted by Gasteiger charge is -2.58. The summed E-state index contributed by atoms with van der Waals surface area (Å²) < 4.78 is 82.3. The highest BCUT2D eigenvalue weighted by molar-refractivity contribution is 5.94. The van der Waals surface area contributed by atoms with Crippen molar-refractivity contribution in [3.63, 3.8) is 0 Å². The molecule has 13 heteroatoms. The minimum absolute atomic E-state index is 0.0125. The molecule has 1 N–H and O–H groups in total. The average molecular weight is 544 g/mol. The number of amides is 2. The van der Waals surface area contributed by atoms with Crippen molar-refractivity contribution >= 4 is 11.8 Å². The number of nitrogens with one attached hydrogen (secondary N) is 1. The molecule has 3 aliphatic rings. The first kappa shape index (κ1) is 26.5. The Morgan fingerprint density at radius 3 is 2.42 bits per heavy atom. The molecular formula is C25H27F6N5O2. The highest BCUT2D eigenvalue weighted by Crippen LogP contribution is 2.47. The number of nitrogens with zero attached hydrogens (tertiary/aromatic N) is 4. The predicted octanol–water partition coefficient (Wildman–Crippen LogP) is 3.51. The van der Waals surface area contributed by atoms with Crippen molar-refractivity contribution in [3.8, 4) is 0 Å². The number of rotatable bonds is 6. The van der Waals surface area contributed by atoms with E-state index in [0.717, 1.165) is 36.6 Å². The number of likely N-dealkylation sites (tertiary alicyclic amines) is 1. The van der Waals surface area contributed by atoms with Gasteiger partial charge in [0, 0.05) is 44.7 Å². The molecule has 0 radical (unpaired) electrons. The van der Waals surface area contributed by atoms with Crippen molar-refractivity contribution in [2.24, 2.45) is 5.41 Å². The van der Waals surface area contributed by atoms with Gasteiger partial charge < -0.3 is 19.7 Å². The number of halogens is 6. The predicted molar refractivity (Wildman–Crippen MR) is 122 cm³/mol. The maximum Gasteiger partial charge on any atom is 0.449 e. The molecule has 1 saturated carbocycles. The Morgan fingerprint density at radius 1 is 1.08 bits per heavy atom. The summed E-state index contributed by atoms with van der Waals surface area (Å²) >= 11 is 0. The molecule has 2 aliphatic heterocycles. The number of aryl methyl sites for hydroxylation is 1. The first-order valence-electron chi connectivity index (χ1n) is 12.4. The minimum Gasteiger partial charge on any atom is -0.348 e. The van der Waals surface area contributed by atoms with Gasteiger partial charge in [0.05, 0.1) is 12.2 Å². The summed E-state index contributed by atoms with van der Waals surface area (Å²) in [4.78, 5) is 32.9. The van der Waals surface area contributed by atoms with Gasteiger partial charge in [-0.3, -0.25) is 9.59 Å². The van der Waals surface area contributed by atoms with Crippen LogP contribution in [0.3, 0.4) is 0 Å². The number of hydrogen-bond acceptors (Lipinski definition) is 4. The Balaban J connectivity index is 1.24. The summed E-state index contributed by atoms with van der Waals surface area (Å²) in [5.74, 6) is -5.70. The molecule has 2 amide bonds. The van der Waals surface area contributed by atoms with Crippen LogP contribution in [-0.4, -0.2) is 63.9 Å². The lowest BCUT2D eigenvalue weighted by atomic mass is 9.61. The highest BCUT2D eigenvalue weighted by Gasteiger charge is 2.51. The first-order valence-corrected chi connectivity index (χ1v) is 12.4. The third-order valence-corrected chi connectivity index (χ3v) is 7.66. The molecule has 3 heterocycles. The summed E-state index contributed by atoms with van der Waals surface area (Å²) in [6.07, 6.45) is -3.24. The van der Waals surface area contributed by atoms with E-state index < -0.39 is 41.3 Å². The molecule has 1 aliphatic carbocycles. The van der Waals surface area contributed by atoms with Gasteiger partial charge in [0.1, 0.15) is 5.82 Å². The standard InChI is InChI=1S/C25H27F6N5O2/c1-34-12-24(13-34)9-15(10-24)32-22(38)21-19-11-35(5-6-36(19)23(33-21)25(29,30)31)20(37)4-2-3-14-7-17(27)18(28)8-16(14)26/h7-8,15H,2-6,9-13H2,1H3,(H,32,38). The minimum atomic E-state index is -4.77. The van der Waals surface area contributed by atoms with Crippen LogP contribution in [0.25, 0.3) is 0 Å². The maximum absolute atomic E-state index is 13.9. The third-order valence-electron chi connectivity index (χ3n) is 7.66. The topological polar surface area (TPSA) is 70.5 Å². The number of aromatic nitrogens is 2. The van der Waals surface area contributed by atoms with Gasteiger partial charge in [0.15, 0.2) is 17.3 Å². The highest BCUT2D eigenvalue weighted by atomic mass is 19.4. The largest absolute Gasteiger partial charge is 0.449 e. The fourth-order valence-corrected chi connectivity index (χ4v) is 6.02. The average Bonchev–Trinajstić information content (AvgIpc) is 3.19. The molecule has 7 nitrogen and oxygen atoms in total. The number of fused-ring (bicyclic) bond motifs is 1. The van der Waals surface area contributed by atoms with E-state index in [-0.39, 0.29) is 67.3 Å². The fourth-order valence-electron chi connectivity index (χ4n) is 6.02. The molecule has 1 saturated heterocycles. The fraction of sp³-hybridized carbons (Fsp3) is 0.560. The number of hydrogen-bond donors (Lipinski definition) is 1. The molecule has 1 spiro atoms. The number of carbonyl (C=O) groups is 2. The zero-order chi connectivity index (χ0) is 27.4. The van der Waals surface area contributed by atoms with E-state index in [1.165, 1.54) is 4.90 Å². The van der Waals surface area contributed by atoms with Crippen LogP contribution < -0.4 is 5.32 Å². The van der Waals surface area contributed by atoms with Gasteiger partial charge in [-0.2, -0.15) is 13.2 Å². The number of imidazole rings is 1. The lowest BCUT2D eigenvalue weighted by molar-refractivity contribution is -0.148. The molecule has 38 heavy (non-hydrogen) atoms. The lowest BCUT2D eigenvalue weighted by Crippen LogP contribution is -2.65. The SMILES string of the molecule is CN1CC2(CC(NC(=O)c3nc(C(F)(F)F)n4c3CN(C(=O)CCCc3cc(F)c(F)cc3F)CC4)C2)C1. The summed E-state index contributed by atoms with van der Waals surface area (Å²) in [7, 11) is 2.00. The van der Waals surface area contributed by atoms with E-state index in [0.29, 0.717) is 6.07 Å². The molecule has 2 fully saturated rings. The number of benzene rings is 1. The first-order chi connectivity index (χ1) is 17.8. The van der Waals surface area contributed by atoms with Gasteiger partial charge in [-0.05, 0) is 49.8 Å². The van der Waals surface area contributed by atoms with E-state index in [2.05, 4.69) is 15.2 Å². The normalized spacial score (nSPS) is 19.2. The molecule has 2 aromatic rings. The number of alkyl halides is 3. The van der Waals surface area contributed by atoms with Crippen LogP contribution in [0.5, 0.6) is 0 Å². The van der Waals surface area contributed by atoms with Gasteiger partial charge in [-0.1, -0.05) is 0 Å². The van der Waals surface area contributed by atoms with E-state index >= 15 is 0 Å². The van der Waals surface area contributed by atoms with Crippen LogP contribution in [0.2, 0.25) is 0 Å². The van der Waals surface area contributed by atoms with Crippen molar-refractivity contribution in [2.75, 3.05) is 26.7 Å². The summed E-state index contributed by atoms with van der Waals surface area (Å²) in [6, 6.07) is 1.04. The second kappa shape index (κ2) is 9.58. The van der Waals surface area contributed by atoms with Crippen LogP contribution in [-0.2, 0) is 30.5 Å². The van der Waals surface area contributed by atoms with Gasteiger partial charge in [-0.25, -0.2) is 18.2 Å². The quantitative estimate of drug-likeness (QED) is 0.448. The number of carbonyl (C=O) groups excluding carboxylic acids is 2. The van der Waals surface area contributed by atoms with E-state index in [4.69, 9.17) is 0 Å². The van der Waals surface area contributed by atoms with Crippen molar-refractivity contribution in [3.05, 3.63) is 52.4 Å². The van der Waals surface area contributed by atoms with Crippen LogP contribution in [0.4, 0.5) is 26.3 Å². The Hall–Kier alpha value is -3.09. The monoisotopic (exact) mass is 543 g/mol. The molecule has 1 aromatic heterocycles. The van der Waals surface area contributed by atoms with Gasteiger partial charge in [0.2, 0.25) is 11.7 Å². The van der Waals surface area contributed by atoms with Crippen LogP contribution in [0, 0.1) is 22.9 Å². The maximum atomic E-state index is 13.9. The van der Waals surface area contributed by atoms with Crippen LogP contribution >= 0.6 is 0 Å². The molecule has 0 atom stereocenters. The van der Waals surface area contributed by atoms with Crippen molar-refractivity contribution in [2.45, 2.75) is 57.4 Å². The van der Waals surface area contributed by atoms with Gasteiger partial charge in [-0.15, -0.1) is 0 Å². The summed E-state index contributed by atoms with van der Waals surface area (Å²) in [5, 5.41) is 2.80. The Bertz CT molecular complexity index is 1260. The Labute approximate surface area is 214 Å². The van der Waals surface area contributed by atoms with E-state index in [9.17, 15) is 35.9 Å². The second-order valence-electron chi connectivity index (χ2n) is 10.7. The molecule has 5 rings (SSSR count). The van der Waals surface area contributed by atoms with E-state index in [1.54, 1.807) is 0 Å². The molecular weight excluding hydrogens is 516 g/mol. The molecule has 0 unspecified atom stereocenters. The van der Waals surface area contributed by atoms with Gasteiger partial charge in [0.25, 0.3) is 5.91 Å². The van der Waals surface area contributed by atoms with Crippen molar-refractivity contribution < 1.29 is 35.9 Å². The molecule has 1 aromatic carbocycles. The molecule has 0 bridgehead atoms. The van der Waals surface area contributed by atoms with E-state index in [1.807, 2.05) is 7.05 Å². The van der Waals surface area contributed by atoms with Crippen molar-refractivity contribution in [1.82, 2.24) is 24.7 Å². The van der Waals surface area contributed by atoms with Crippen LogP contribution in [0.15, 0.2) is 12.1 Å². The van der Waals surface area contributed by atoms with Gasteiger partial charge >= 0.3 is 6.18 Å². The second-order valence-corrected chi connectivity index (χ2v) is 10.7. The Morgan fingerprint density at radius 2 is 1.76 bits per heavy atom. The van der Waals surface area contributed by atoms with Crippen molar-refractivity contribution in [1.29, 1.82) is 0 Å². The summed E-state index contributed by atoms with van der Waals surface area (Å²) in [6.45, 7) is 1.41. The zero-order valence-electron chi connectivity index (χ0n) is 20.7. The summed E-state index contributed by atoms with van der Waals surface area (Å²) in [5.41, 5.74) is -0.235. The van der Waals surface area contributed by atoms with Crippen LogP contribution in [0.1, 0.15) is 53.3 Å². The Kier molecular flexibility index (Phi) is 6.69. The molecule has 206 valence electrons. The smallest absolute Gasteiger partial charge is 0.348 e.